The van der Waals surface area contributed by atoms with E-state index in [-0.39, 0.29) is 0 Å². The molecule has 2 nitrogen and oxygen atoms in total. The van der Waals surface area contributed by atoms with Gasteiger partial charge in [-0.05, 0) is 49.7 Å². The molecule has 0 aromatic heterocycles. The molecule has 2 heteroatoms. The van der Waals surface area contributed by atoms with Gasteiger partial charge in [-0.1, -0.05) is 18.2 Å². The predicted octanol–water partition coefficient (Wildman–Crippen LogP) is 4.02. The van der Waals surface area contributed by atoms with Crippen LogP contribution in [-0.4, -0.2) is 6.54 Å². The molecule has 0 aliphatic heterocycles. The van der Waals surface area contributed by atoms with E-state index in [1.165, 1.54) is 5.69 Å². The predicted molar refractivity (Wildman–Crippen MR) is 75.0 cm³/mol. The highest BCUT2D eigenvalue weighted by atomic mass is 15.1. The number of para-hydroxylation sites is 1. The molecule has 90 valence electrons. The van der Waals surface area contributed by atoms with Crippen molar-refractivity contribution >= 4 is 11.4 Å². The fourth-order valence-electron chi connectivity index (χ4n) is 2.13. The highest BCUT2D eigenvalue weighted by Gasteiger charge is 2.09. The Morgan fingerprint density at radius 2 is 1.83 bits per heavy atom. The Bertz CT molecular complexity index is 567. The van der Waals surface area contributed by atoms with Crippen LogP contribution >= 0.6 is 0 Å². The SMILES string of the molecule is CCN(c1ccccc1)c1ccc(C#N)cc1C. The standard InChI is InChI=1S/C16H16N2/c1-3-18(15-7-5-4-6-8-15)16-10-9-14(12-17)11-13(16)2/h4-11H,3H2,1-2H3. The van der Waals surface area contributed by atoms with Gasteiger partial charge in [0, 0.05) is 17.9 Å². The lowest BCUT2D eigenvalue weighted by molar-refractivity contribution is 1.01. The molecule has 0 unspecified atom stereocenters. The molecule has 0 amide bonds. The fourth-order valence-corrected chi connectivity index (χ4v) is 2.13. The van der Waals surface area contributed by atoms with E-state index in [2.05, 4.69) is 30.0 Å². The van der Waals surface area contributed by atoms with Crippen molar-refractivity contribution in [2.75, 3.05) is 11.4 Å². The van der Waals surface area contributed by atoms with Crippen molar-refractivity contribution < 1.29 is 0 Å². The molecule has 0 saturated heterocycles. The second-order valence-corrected chi connectivity index (χ2v) is 4.19. The van der Waals surface area contributed by atoms with Gasteiger partial charge >= 0.3 is 0 Å². The molecule has 0 bridgehead atoms. The lowest BCUT2D eigenvalue weighted by atomic mass is 10.1. The first-order valence-corrected chi connectivity index (χ1v) is 6.09. The van der Waals surface area contributed by atoms with E-state index >= 15 is 0 Å². The lowest BCUT2D eigenvalue weighted by Crippen LogP contribution is -2.16. The number of aryl methyl sites for hydroxylation is 1. The summed E-state index contributed by atoms with van der Waals surface area (Å²) in [6.07, 6.45) is 0. The lowest BCUT2D eigenvalue weighted by Gasteiger charge is -2.25. The van der Waals surface area contributed by atoms with Crippen LogP contribution < -0.4 is 4.90 Å². The summed E-state index contributed by atoms with van der Waals surface area (Å²) in [7, 11) is 0. The molecular weight excluding hydrogens is 220 g/mol. The molecule has 0 saturated carbocycles. The van der Waals surface area contributed by atoms with Gasteiger partial charge in [0.15, 0.2) is 0 Å². The van der Waals surface area contributed by atoms with E-state index in [0.717, 1.165) is 17.8 Å². The molecule has 2 rings (SSSR count). The van der Waals surface area contributed by atoms with Crippen LogP contribution in [0.5, 0.6) is 0 Å². The van der Waals surface area contributed by atoms with Crippen molar-refractivity contribution in [3.05, 3.63) is 59.7 Å². The highest BCUT2D eigenvalue weighted by Crippen LogP contribution is 2.28. The van der Waals surface area contributed by atoms with E-state index in [4.69, 9.17) is 5.26 Å². The van der Waals surface area contributed by atoms with Crippen molar-refractivity contribution in [3.8, 4) is 6.07 Å². The summed E-state index contributed by atoms with van der Waals surface area (Å²) in [6, 6.07) is 18.3. The molecule has 0 N–H and O–H groups in total. The maximum Gasteiger partial charge on any atom is 0.0991 e. The molecule has 0 heterocycles. The number of hydrogen-bond donors (Lipinski definition) is 0. The highest BCUT2D eigenvalue weighted by molar-refractivity contribution is 5.67. The van der Waals surface area contributed by atoms with Gasteiger partial charge in [0.05, 0.1) is 11.6 Å². The summed E-state index contributed by atoms with van der Waals surface area (Å²) in [5.74, 6) is 0. The fraction of sp³-hybridized carbons (Fsp3) is 0.188. The van der Waals surface area contributed by atoms with E-state index in [0.29, 0.717) is 5.56 Å². The van der Waals surface area contributed by atoms with Crippen molar-refractivity contribution in [3.63, 3.8) is 0 Å². The van der Waals surface area contributed by atoms with Gasteiger partial charge in [0.1, 0.15) is 0 Å². The van der Waals surface area contributed by atoms with Crippen LogP contribution in [0, 0.1) is 18.3 Å². The average molecular weight is 236 g/mol. The Morgan fingerprint density at radius 1 is 1.11 bits per heavy atom. The minimum absolute atomic E-state index is 0.709. The number of nitriles is 1. The third kappa shape index (κ3) is 2.36. The van der Waals surface area contributed by atoms with Gasteiger partial charge in [-0.25, -0.2) is 0 Å². The number of hydrogen-bond acceptors (Lipinski definition) is 2. The Kier molecular flexibility index (Phi) is 3.64. The van der Waals surface area contributed by atoms with Gasteiger partial charge in [-0.2, -0.15) is 5.26 Å². The van der Waals surface area contributed by atoms with Crippen molar-refractivity contribution in [2.24, 2.45) is 0 Å². The van der Waals surface area contributed by atoms with Gasteiger partial charge in [0.25, 0.3) is 0 Å². The van der Waals surface area contributed by atoms with Gasteiger partial charge in [-0.3, -0.25) is 0 Å². The van der Waals surface area contributed by atoms with Crippen LogP contribution in [-0.2, 0) is 0 Å². The van der Waals surface area contributed by atoms with Crippen LogP contribution in [0.2, 0.25) is 0 Å². The Labute approximate surface area is 108 Å². The first-order valence-electron chi connectivity index (χ1n) is 6.09. The Morgan fingerprint density at radius 3 is 2.39 bits per heavy atom. The van der Waals surface area contributed by atoms with Gasteiger partial charge in [0.2, 0.25) is 0 Å². The van der Waals surface area contributed by atoms with Crippen LogP contribution in [0.4, 0.5) is 11.4 Å². The number of nitrogens with zero attached hydrogens (tertiary/aromatic N) is 2. The van der Waals surface area contributed by atoms with Crippen molar-refractivity contribution in [1.29, 1.82) is 5.26 Å². The Hall–Kier alpha value is -2.27. The van der Waals surface area contributed by atoms with Crippen LogP contribution in [0.1, 0.15) is 18.1 Å². The molecule has 0 aliphatic carbocycles. The molecule has 2 aromatic rings. The molecule has 0 spiro atoms. The molecule has 0 aliphatic rings. The quantitative estimate of drug-likeness (QED) is 0.804. The summed E-state index contributed by atoms with van der Waals surface area (Å²) in [5, 5.41) is 8.90. The van der Waals surface area contributed by atoms with Crippen molar-refractivity contribution in [2.45, 2.75) is 13.8 Å². The van der Waals surface area contributed by atoms with Crippen molar-refractivity contribution in [1.82, 2.24) is 0 Å². The summed E-state index contributed by atoms with van der Waals surface area (Å²) >= 11 is 0. The molecule has 0 fully saturated rings. The largest absolute Gasteiger partial charge is 0.342 e. The first-order chi connectivity index (χ1) is 8.76. The van der Waals surface area contributed by atoms with Crippen LogP contribution in [0.25, 0.3) is 0 Å². The topological polar surface area (TPSA) is 27.0 Å². The van der Waals surface area contributed by atoms with E-state index in [9.17, 15) is 0 Å². The second kappa shape index (κ2) is 5.37. The smallest absolute Gasteiger partial charge is 0.0991 e. The maximum absolute atomic E-state index is 8.90. The summed E-state index contributed by atoms with van der Waals surface area (Å²) in [5.41, 5.74) is 4.16. The zero-order chi connectivity index (χ0) is 13.0. The monoisotopic (exact) mass is 236 g/mol. The van der Waals surface area contributed by atoms with Crippen LogP contribution in [0.3, 0.4) is 0 Å². The van der Waals surface area contributed by atoms with Gasteiger partial charge in [-0.15, -0.1) is 0 Å². The van der Waals surface area contributed by atoms with Crippen LogP contribution in [0.15, 0.2) is 48.5 Å². The third-order valence-electron chi connectivity index (χ3n) is 3.00. The number of rotatable bonds is 3. The Balaban J connectivity index is 2.43. The summed E-state index contributed by atoms with van der Waals surface area (Å²) in [6.45, 7) is 5.07. The molecular formula is C16H16N2. The van der Waals surface area contributed by atoms with Gasteiger partial charge < -0.3 is 4.90 Å². The minimum atomic E-state index is 0.709. The normalized spacial score (nSPS) is 9.83. The molecule has 18 heavy (non-hydrogen) atoms. The zero-order valence-corrected chi connectivity index (χ0v) is 10.7. The number of anilines is 2. The first kappa shape index (κ1) is 12.2. The molecule has 0 radical (unpaired) electrons. The minimum Gasteiger partial charge on any atom is -0.342 e. The third-order valence-corrected chi connectivity index (χ3v) is 3.00. The van der Waals surface area contributed by atoms with E-state index < -0.39 is 0 Å². The summed E-state index contributed by atoms with van der Waals surface area (Å²) in [4.78, 5) is 2.25. The molecule has 0 atom stereocenters. The summed E-state index contributed by atoms with van der Waals surface area (Å²) < 4.78 is 0. The zero-order valence-electron chi connectivity index (χ0n) is 10.7. The van der Waals surface area contributed by atoms with E-state index in [1.54, 1.807) is 0 Å². The maximum atomic E-state index is 8.90. The average Bonchev–Trinajstić information content (AvgIpc) is 2.42. The second-order valence-electron chi connectivity index (χ2n) is 4.19. The van der Waals surface area contributed by atoms with E-state index in [1.807, 2.05) is 43.3 Å². The number of benzene rings is 2. The molecule has 2 aromatic carbocycles.